The lowest BCUT2D eigenvalue weighted by atomic mass is 9.80. The van der Waals surface area contributed by atoms with Crippen molar-refractivity contribution >= 4 is 0 Å². The minimum absolute atomic E-state index is 0.694. The molecular weight excluding hydrogens is 218 g/mol. The van der Waals surface area contributed by atoms with E-state index in [9.17, 15) is 0 Å². The predicted molar refractivity (Wildman–Crippen MR) is 78.9 cm³/mol. The zero-order chi connectivity index (χ0) is 12.8. The Morgan fingerprint density at radius 1 is 1.11 bits per heavy atom. The second kappa shape index (κ2) is 6.94. The van der Waals surface area contributed by atoms with Crippen molar-refractivity contribution in [2.75, 3.05) is 6.54 Å². The van der Waals surface area contributed by atoms with E-state index in [1.165, 1.54) is 44.2 Å². The summed E-state index contributed by atoms with van der Waals surface area (Å²) in [5.41, 5.74) is 1.53. The van der Waals surface area contributed by atoms with Gasteiger partial charge in [0, 0.05) is 6.04 Å². The smallest absolute Gasteiger partial charge is 0.0136 e. The van der Waals surface area contributed by atoms with Crippen LogP contribution in [0.3, 0.4) is 0 Å². The Labute approximate surface area is 112 Å². The Hall–Kier alpha value is -0.820. The third-order valence-electron chi connectivity index (χ3n) is 4.12. The number of hydrogen-bond acceptors (Lipinski definition) is 1. The summed E-state index contributed by atoms with van der Waals surface area (Å²) in [5.74, 6) is 1.53. The van der Waals surface area contributed by atoms with Gasteiger partial charge in [-0.25, -0.2) is 0 Å². The van der Waals surface area contributed by atoms with E-state index in [1.54, 1.807) is 0 Å². The minimum atomic E-state index is 0.694. The predicted octanol–water partition coefficient (Wildman–Crippen LogP) is 4.35. The van der Waals surface area contributed by atoms with Crippen LogP contribution in [0.25, 0.3) is 0 Å². The highest BCUT2D eigenvalue weighted by atomic mass is 14.9. The molecule has 1 aromatic carbocycles. The Balaban J connectivity index is 1.94. The average Bonchev–Trinajstić information content (AvgIpc) is 2.40. The van der Waals surface area contributed by atoms with Gasteiger partial charge in [0.25, 0.3) is 0 Å². The second-order valence-electron chi connectivity index (χ2n) is 6.04. The topological polar surface area (TPSA) is 12.0 Å². The fourth-order valence-corrected chi connectivity index (χ4v) is 3.03. The molecule has 0 saturated heterocycles. The third-order valence-corrected chi connectivity index (χ3v) is 4.12. The maximum atomic E-state index is 3.80. The molecule has 0 heterocycles. The lowest BCUT2D eigenvalue weighted by molar-refractivity contribution is 0.321. The van der Waals surface area contributed by atoms with E-state index in [1.807, 2.05) is 0 Å². The quantitative estimate of drug-likeness (QED) is 0.813. The number of nitrogens with one attached hydrogen (secondary N) is 1. The van der Waals surface area contributed by atoms with Crippen LogP contribution in [0, 0.1) is 5.92 Å². The van der Waals surface area contributed by atoms with Gasteiger partial charge in [-0.15, -0.1) is 0 Å². The van der Waals surface area contributed by atoms with Crippen LogP contribution < -0.4 is 5.32 Å². The van der Waals surface area contributed by atoms with Crippen LogP contribution in [-0.2, 0) is 0 Å². The zero-order valence-corrected chi connectivity index (χ0v) is 11.9. The molecule has 0 aromatic heterocycles. The van der Waals surface area contributed by atoms with Gasteiger partial charge in [0.05, 0.1) is 0 Å². The Bertz CT molecular complexity index is 331. The Morgan fingerprint density at radius 3 is 2.56 bits per heavy atom. The SMILES string of the molecule is CC(C)CCNC1CCCCC1c1ccccc1. The molecule has 18 heavy (non-hydrogen) atoms. The molecular formula is C17H27N. The van der Waals surface area contributed by atoms with E-state index >= 15 is 0 Å². The van der Waals surface area contributed by atoms with Gasteiger partial charge in [-0.3, -0.25) is 0 Å². The molecule has 0 spiro atoms. The first kappa shape index (κ1) is 13.6. The van der Waals surface area contributed by atoms with Crippen LogP contribution in [0.4, 0.5) is 0 Å². The first-order valence-corrected chi connectivity index (χ1v) is 7.55. The van der Waals surface area contributed by atoms with Gasteiger partial charge in [0.2, 0.25) is 0 Å². The number of hydrogen-bond donors (Lipinski definition) is 1. The van der Waals surface area contributed by atoms with Crippen LogP contribution >= 0.6 is 0 Å². The van der Waals surface area contributed by atoms with E-state index in [0.717, 1.165) is 11.8 Å². The first-order valence-electron chi connectivity index (χ1n) is 7.55. The molecule has 0 radical (unpaired) electrons. The molecule has 2 rings (SSSR count). The Morgan fingerprint density at radius 2 is 1.83 bits per heavy atom. The summed E-state index contributed by atoms with van der Waals surface area (Å²) in [6.45, 7) is 5.78. The lowest BCUT2D eigenvalue weighted by Crippen LogP contribution is -2.38. The summed E-state index contributed by atoms with van der Waals surface area (Å²) in [5, 5.41) is 3.80. The first-order chi connectivity index (χ1) is 8.77. The van der Waals surface area contributed by atoms with Crippen molar-refractivity contribution in [3.05, 3.63) is 35.9 Å². The van der Waals surface area contributed by atoms with E-state index in [2.05, 4.69) is 49.5 Å². The number of rotatable bonds is 5. The van der Waals surface area contributed by atoms with Crippen molar-refractivity contribution in [1.82, 2.24) is 5.32 Å². The largest absolute Gasteiger partial charge is 0.313 e. The van der Waals surface area contributed by atoms with Crippen molar-refractivity contribution in [2.45, 2.75) is 57.9 Å². The maximum Gasteiger partial charge on any atom is 0.0136 e. The van der Waals surface area contributed by atoms with E-state index in [4.69, 9.17) is 0 Å². The monoisotopic (exact) mass is 245 g/mol. The molecule has 1 nitrogen and oxygen atoms in total. The molecule has 1 N–H and O–H groups in total. The van der Waals surface area contributed by atoms with Crippen molar-refractivity contribution in [1.29, 1.82) is 0 Å². The van der Waals surface area contributed by atoms with E-state index < -0.39 is 0 Å². The van der Waals surface area contributed by atoms with E-state index in [0.29, 0.717) is 6.04 Å². The molecule has 0 amide bonds. The fourth-order valence-electron chi connectivity index (χ4n) is 3.03. The van der Waals surface area contributed by atoms with Crippen LogP contribution in [0.15, 0.2) is 30.3 Å². The van der Waals surface area contributed by atoms with Gasteiger partial charge in [-0.2, -0.15) is 0 Å². The van der Waals surface area contributed by atoms with Crippen LogP contribution in [-0.4, -0.2) is 12.6 Å². The van der Waals surface area contributed by atoms with Gasteiger partial charge in [-0.05, 0) is 43.2 Å². The van der Waals surface area contributed by atoms with Crippen LogP contribution in [0.2, 0.25) is 0 Å². The summed E-state index contributed by atoms with van der Waals surface area (Å²) in [6, 6.07) is 11.8. The average molecular weight is 245 g/mol. The molecule has 1 fully saturated rings. The molecule has 2 atom stereocenters. The van der Waals surface area contributed by atoms with Gasteiger partial charge in [0.1, 0.15) is 0 Å². The molecule has 1 saturated carbocycles. The van der Waals surface area contributed by atoms with Crippen molar-refractivity contribution in [2.24, 2.45) is 5.92 Å². The van der Waals surface area contributed by atoms with Crippen molar-refractivity contribution < 1.29 is 0 Å². The van der Waals surface area contributed by atoms with Gasteiger partial charge in [0.15, 0.2) is 0 Å². The molecule has 0 aliphatic heterocycles. The van der Waals surface area contributed by atoms with Crippen molar-refractivity contribution in [3.8, 4) is 0 Å². The van der Waals surface area contributed by atoms with Gasteiger partial charge >= 0.3 is 0 Å². The summed E-state index contributed by atoms with van der Waals surface area (Å²) < 4.78 is 0. The molecule has 100 valence electrons. The molecule has 1 heteroatoms. The highest BCUT2D eigenvalue weighted by Gasteiger charge is 2.25. The highest BCUT2D eigenvalue weighted by molar-refractivity contribution is 5.21. The summed E-state index contributed by atoms with van der Waals surface area (Å²) in [4.78, 5) is 0. The molecule has 1 aliphatic carbocycles. The number of benzene rings is 1. The highest BCUT2D eigenvalue weighted by Crippen LogP contribution is 2.32. The molecule has 0 bridgehead atoms. The molecule has 2 unspecified atom stereocenters. The summed E-state index contributed by atoms with van der Waals surface area (Å²) >= 11 is 0. The fraction of sp³-hybridized carbons (Fsp3) is 0.647. The van der Waals surface area contributed by atoms with E-state index in [-0.39, 0.29) is 0 Å². The zero-order valence-electron chi connectivity index (χ0n) is 11.9. The van der Waals surface area contributed by atoms with Crippen LogP contribution in [0.5, 0.6) is 0 Å². The summed E-state index contributed by atoms with van der Waals surface area (Å²) in [6.07, 6.45) is 6.77. The third kappa shape index (κ3) is 3.84. The van der Waals surface area contributed by atoms with Gasteiger partial charge in [-0.1, -0.05) is 57.0 Å². The lowest BCUT2D eigenvalue weighted by Gasteiger charge is -2.33. The van der Waals surface area contributed by atoms with Crippen LogP contribution in [0.1, 0.15) is 57.4 Å². The second-order valence-corrected chi connectivity index (χ2v) is 6.04. The molecule has 1 aliphatic rings. The Kier molecular flexibility index (Phi) is 5.25. The maximum absolute atomic E-state index is 3.80. The van der Waals surface area contributed by atoms with Crippen molar-refractivity contribution in [3.63, 3.8) is 0 Å². The standard InChI is InChI=1S/C17H27N/c1-14(2)12-13-18-17-11-7-6-10-16(17)15-8-4-3-5-9-15/h3-5,8-9,14,16-18H,6-7,10-13H2,1-2H3. The normalized spacial score (nSPS) is 24.4. The minimum Gasteiger partial charge on any atom is -0.313 e. The van der Waals surface area contributed by atoms with Gasteiger partial charge < -0.3 is 5.32 Å². The molecule has 1 aromatic rings. The summed E-state index contributed by atoms with van der Waals surface area (Å²) in [7, 11) is 0.